The van der Waals surface area contributed by atoms with Crippen molar-refractivity contribution in [3.63, 3.8) is 0 Å². The van der Waals surface area contributed by atoms with Crippen molar-refractivity contribution in [2.45, 2.75) is 41.5 Å². The van der Waals surface area contributed by atoms with E-state index in [-0.39, 0.29) is 11.2 Å². The average molecular weight is 454 g/mol. The molecule has 0 aliphatic heterocycles. The highest BCUT2D eigenvalue weighted by Crippen LogP contribution is 2.28. The van der Waals surface area contributed by atoms with Gasteiger partial charge in [0.1, 0.15) is 0 Å². The third kappa shape index (κ3) is 5.08. The SMILES string of the molecule is CC(C)(C)/C=C(\C(C(=O)C(C)(C)C)=S(C)(C)=O)n1ncc2cc(Br)cnc21. The van der Waals surface area contributed by atoms with Crippen LogP contribution in [-0.4, -0.2) is 42.1 Å². The van der Waals surface area contributed by atoms with Gasteiger partial charge in [-0.15, -0.1) is 0 Å². The fourth-order valence-corrected chi connectivity index (χ4v) is 4.39. The summed E-state index contributed by atoms with van der Waals surface area (Å²) in [6.07, 6.45) is 8.57. The van der Waals surface area contributed by atoms with Crippen LogP contribution in [0.4, 0.5) is 0 Å². The first-order valence-electron chi connectivity index (χ1n) is 8.70. The molecular weight excluding hydrogens is 426 g/mol. The summed E-state index contributed by atoms with van der Waals surface area (Å²) in [5, 5.41) is 5.32. The summed E-state index contributed by atoms with van der Waals surface area (Å²) in [4.78, 5) is 18.1. The number of pyridine rings is 1. The van der Waals surface area contributed by atoms with E-state index in [0.29, 0.717) is 16.2 Å². The Labute approximate surface area is 170 Å². The van der Waals surface area contributed by atoms with Gasteiger partial charge in [0, 0.05) is 34.0 Å². The van der Waals surface area contributed by atoms with Crippen LogP contribution in [0, 0.1) is 10.8 Å². The smallest absolute Gasteiger partial charge is 0.178 e. The van der Waals surface area contributed by atoms with Crippen LogP contribution < -0.4 is 0 Å². The van der Waals surface area contributed by atoms with Gasteiger partial charge in [0.2, 0.25) is 0 Å². The minimum Gasteiger partial charge on any atom is -0.293 e. The largest absolute Gasteiger partial charge is 0.293 e. The first-order chi connectivity index (χ1) is 12.1. The molecule has 0 fully saturated rings. The van der Waals surface area contributed by atoms with E-state index in [4.69, 9.17) is 0 Å². The first-order valence-corrected chi connectivity index (χ1v) is 11.9. The Morgan fingerprint density at radius 3 is 2.22 bits per heavy atom. The normalized spacial score (nSPS) is 13.9. The molecule has 27 heavy (non-hydrogen) atoms. The molecule has 2 rings (SSSR count). The highest BCUT2D eigenvalue weighted by Gasteiger charge is 2.33. The van der Waals surface area contributed by atoms with Crippen LogP contribution in [0.15, 0.2) is 29.0 Å². The molecule has 0 saturated heterocycles. The number of rotatable bonds is 3. The number of fused-ring (bicyclic) bond motifs is 1. The highest BCUT2D eigenvalue weighted by molar-refractivity contribution is 9.10. The molecule has 0 atom stereocenters. The van der Waals surface area contributed by atoms with Gasteiger partial charge in [0.25, 0.3) is 0 Å². The number of nitrogens with zero attached hydrogens (tertiary/aromatic N) is 3. The van der Waals surface area contributed by atoms with E-state index < -0.39 is 14.9 Å². The number of halogens is 1. The van der Waals surface area contributed by atoms with Gasteiger partial charge in [-0.1, -0.05) is 47.6 Å². The van der Waals surface area contributed by atoms with Crippen LogP contribution in [0.2, 0.25) is 0 Å². The number of aromatic nitrogens is 3. The van der Waals surface area contributed by atoms with Crippen LogP contribution in [0.5, 0.6) is 0 Å². The number of carbonyl (C=O) groups is 1. The van der Waals surface area contributed by atoms with Crippen LogP contribution in [0.25, 0.3) is 16.7 Å². The third-order valence-corrected chi connectivity index (χ3v) is 5.60. The van der Waals surface area contributed by atoms with E-state index in [9.17, 15) is 9.00 Å². The van der Waals surface area contributed by atoms with Crippen molar-refractivity contribution < 1.29 is 9.00 Å². The van der Waals surface area contributed by atoms with Crippen LogP contribution in [0.3, 0.4) is 0 Å². The lowest BCUT2D eigenvalue weighted by molar-refractivity contribution is -0.119. The number of hydrogen-bond donors (Lipinski definition) is 0. The molecule has 0 bridgehead atoms. The van der Waals surface area contributed by atoms with E-state index in [1.54, 1.807) is 29.6 Å². The molecule has 2 heterocycles. The zero-order chi connectivity index (χ0) is 20.8. The van der Waals surface area contributed by atoms with E-state index in [0.717, 1.165) is 9.86 Å². The van der Waals surface area contributed by atoms with Crippen molar-refractivity contribution in [3.05, 3.63) is 29.0 Å². The number of ketones is 1. The monoisotopic (exact) mass is 453 g/mol. The maximum atomic E-state index is 13.3. The Morgan fingerprint density at radius 2 is 1.74 bits per heavy atom. The Bertz CT molecular complexity index is 1040. The van der Waals surface area contributed by atoms with Crippen molar-refractivity contribution in [3.8, 4) is 0 Å². The minimum absolute atomic E-state index is 0.145. The van der Waals surface area contributed by atoms with Crippen LogP contribution in [-0.2, 0) is 14.3 Å². The number of hydrogen-bond acceptors (Lipinski definition) is 4. The summed E-state index contributed by atoms with van der Waals surface area (Å²) >= 11 is 3.42. The minimum atomic E-state index is -2.57. The second-order valence-corrected chi connectivity index (χ2v) is 13.0. The summed E-state index contributed by atoms with van der Waals surface area (Å²) in [6, 6.07) is 1.92. The maximum Gasteiger partial charge on any atom is 0.178 e. The molecule has 0 amide bonds. The molecule has 0 spiro atoms. The second-order valence-electron chi connectivity index (χ2n) is 9.16. The van der Waals surface area contributed by atoms with Gasteiger partial charge in [-0.05, 0) is 36.9 Å². The van der Waals surface area contributed by atoms with Crippen molar-refractivity contribution in [2.24, 2.45) is 10.8 Å². The Morgan fingerprint density at radius 1 is 1.15 bits per heavy atom. The van der Waals surface area contributed by atoms with Gasteiger partial charge in [-0.2, -0.15) is 5.10 Å². The predicted molar refractivity (Wildman–Crippen MR) is 118 cm³/mol. The Balaban J connectivity index is 2.92. The standard InChI is InChI=1S/C20H28BrN3O2S/c1-19(2,3)10-15(16(27(7,8)26)17(25)20(4,5)6)24-18-13(11-23-24)9-14(21)12-22-18/h9-12H,1-8H3/b15-10+. The van der Waals surface area contributed by atoms with Gasteiger partial charge in [0.05, 0.1) is 16.8 Å². The van der Waals surface area contributed by atoms with Crippen molar-refractivity contribution in [1.82, 2.24) is 14.8 Å². The fraction of sp³-hybridized carbons (Fsp3) is 0.500. The number of allylic oxidation sites excluding steroid dienone is 2. The van der Waals surface area contributed by atoms with Crippen molar-refractivity contribution >= 4 is 52.8 Å². The van der Waals surface area contributed by atoms with Crippen LogP contribution >= 0.6 is 15.9 Å². The van der Waals surface area contributed by atoms with E-state index >= 15 is 0 Å². The molecule has 0 aliphatic rings. The molecule has 148 valence electrons. The molecule has 2 aromatic heterocycles. The predicted octanol–water partition coefficient (Wildman–Crippen LogP) is 4.41. The third-order valence-electron chi connectivity index (χ3n) is 3.78. The summed E-state index contributed by atoms with van der Waals surface area (Å²) in [6.45, 7) is 11.6. The van der Waals surface area contributed by atoms with Gasteiger partial charge >= 0.3 is 0 Å². The number of carbonyl (C=O) groups excluding carboxylic acids is 1. The molecule has 0 aliphatic carbocycles. The van der Waals surface area contributed by atoms with Crippen LogP contribution in [0.1, 0.15) is 41.5 Å². The lowest BCUT2D eigenvalue weighted by atomic mass is 9.86. The van der Waals surface area contributed by atoms with Gasteiger partial charge in [-0.3, -0.25) is 9.00 Å². The zero-order valence-corrected chi connectivity index (χ0v) is 19.7. The summed E-state index contributed by atoms with van der Waals surface area (Å²) in [5.74, 6) is -0.145. The number of Topliss-reactive ketones (excluding diaryl/α,β-unsaturated/α-hetero) is 1. The van der Waals surface area contributed by atoms with E-state index in [2.05, 4.69) is 26.0 Å². The lowest BCUT2D eigenvalue weighted by Crippen LogP contribution is -2.35. The average Bonchev–Trinajstić information content (AvgIpc) is 2.85. The van der Waals surface area contributed by atoms with Crippen molar-refractivity contribution in [2.75, 3.05) is 12.5 Å². The highest BCUT2D eigenvalue weighted by atomic mass is 79.9. The second kappa shape index (κ2) is 7.17. The Hall–Kier alpha value is -1.47. The molecule has 7 heteroatoms. The summed E-state index contributed by atoms with van der Waals surface area (Å²) in [5.41, 5.74) is 0.246. The molecule has 5 nitrogen and oxygen atoms in total. The van der Waals surface area contributed by atoms with Crippen molar-refractivity contribution in [1.29, 1.82) is 0 Å². The summed E-state index contributed by atoms with van der Waals surface area (Å²) < 4.78 is 15.7. The van der Waals surface area contributed by atoms with E-state index in [1.807, 2.05) is 53.7 Å². The summed E-state index contributed by atoms with van der Waals surface area (Å²) in [7, 11) is -2.57. The molecule has 0 N–H and O–H groups in total. The molecule has 0 unspecified atom stereocenters. The molecule has 0 radical (unpaired) electrons. The quantitative estimate of drug-likeness (QED) is 0.509. The zero-order valence-electron chi connectivity index (χ0n) is 17.3. The first kappa shape index (κ1) is 21.8. The molecule has 2 aromatic rings. The molecular formula is C20H28BrN3O2S. The maximum absolute atomic E-state index is 13.3. The van der Waals surface area contributed by atoms with E-state index in [1.165, 1.54) is 0 Å². The topological polar surface area (TPSA) is 64.8 Å². The van der Waals surface area contributed by atoms with Gasteiger partial charge in [0.15, 0.2) is 11.4 Å². The lowest BCUT2D eigenvalue weighted by Gasteiger charge is -2.24. The molecule has 0 saturated carbocycles. The van der Waals surface area contributed by atoms with Gasteiger partial charge in [-0.25, -0.2) is 9.67 Å². The fourth-order valence-electron chi connectivity index (χ4n) is 2.64. The van der Waals surface area contributed by atoms with Gasteiger partial charge < -0.3 is 0 Å². The molecule has 0 aromatic carbocycles. The Kier molecular flexibility index (Phi) is 5.79.